The summed E-state index contributed by atoms with van der Waals surface area (Å²) in [5.74, 6) is 0. The standard InChI is InChI=1S/C9H13FN2S/c1-9(2,10)8-12-6-3-4-11-5-7(6)13-8/h11H,3-5H2,1-2H3. The van der Waals surface area contributed by atoms with Gasteiger partial charge >= 0.3 is 0 Å². The number of aromatic nitrogens is 1. The van der Waals surface area contributed by atoms with Gasteiger partial charge in [0.05, 0.1) is 5.69 Å². The number of hydrogen-bond acceptors (Lipinski definition) is 3. The number of halogens is 1. The van der Waals surface area contributed by atoms with E-state index in [4.69, 9.17) is 0 Å². The van der Waals surface area contributed by atoms with Gasteiger partial charge in [0.25, 0.3) is 0 Å². The molecule has 0 saturated heterocycles. The molecule has 0 unspecified atom stereocenters. The molecule has 0 saturated carbocycles. The second-order valence-corrected chi connectivity index (χ2v) is 4.87. The molecule has 2 rings (SSSR count). The Bertz CT molecular complexity index is 290. The molecular weight excluding hydrogens is 187 g/mol. The maximum atomic E-state index is 13.5. The Morgan fingerprint density at radius 1 is 1.54 bits per heavy atom. The van der Waals surface area contributed by atoms with E-state index in [0.717, 1.165) is 25.2 Å². The Balaban J connectivity index is 2.36. The highest BCUT2D eigenvalue weighted by molar-refractivity contribution is 7.11. The van der Waals surface area contributed by atoms with Crippen molar-refractivity contribution in [1.29, 1.82) is 0 Å². The van der Waals surface area contributed by atoms with Crippen molar-refractivity contribution < 1.29 is 4.39 Å². The van der Waals surface area contributed by atoms with Crippen molar-refractivity contribution in [2.24, 2.45) is 0 Å². The van der Waals surface area contributed by atoms with Crippen LogP contribution in [0.25, 0.3) is 0 Å². The molecule has 13 heavy (non-hydrogen) atoms. The van der Waals surface area contributed by atoms with Crippen molar-refractivity contribution in [3.63, 3.8) is 0 Å². The molecule has 0 radical (unpaired) electrons. The van der Waals surface area contributed by atoms with Gasteiger partial charge in [0, 0.05) is 24.4 Å². The van der Waals surface area contributed by atoms with Gasteiger partial charge in [-0.15, -0.1) is 11.3 Å². The van der Waals surface area contributed by atoms with E-state index in [9.17, 15) is 4.39 Å². The van der Waals surface area contributed by atoms with E-state index in [1.54, 1.807) is 13.8 Å². The number of nitrogens with zero attached hydrogens (tertiary/aromatic N) is 1. The van der Waals surface area contributed by atoms with Gasteiger partial charge < -0.3 is 5.32 Å². The Hall–Kier alpha value is -0.480. The monoisotopic (exact) mass is 200 g/mol. The van der Waals surface area contributed by atoms with E-state index in [-0.39, 0.29) is 0 Å². The number of fused-ring (bicyclic) bond motifs is 1. The van der Waals surface area contributed by atoms with Crippen LogP contribution < -0.4 is 5.32 Å². The lowest BCUT2D eigenvalue weighted by Crippen LogP contribution is -2.22. The summed E-state index contributed by atoms with van der Waals surface area (Å²) in [6, 6.07) is 0. The van der Waals surface area contributed by atoms with Crippen LogP contribution in [-0.2, 0) is 18.6 Å². The van der Waals surface area contributed by atoms with Gasteiger partial charge in [0.2, 0.25) is 0 Å². The first-order valence-corrected chi connectivity index (χ1v) is 5.28. The van der Waals surface area contributed by atoms with Crippen molar-refractivity contribution in [2.75, 3.05) is 6.54 Å². The van der Waals surface area contributed by atoms with Gasteiger partial charge in [-0.3, -0.25) is 0 Å². The second-order valence-electron chi connectivity index (χ2n) is 3.79. The Morgan fingerprint density at radius 3 is 2.92 bits per heavy atom. The van der Waals surface area contributed by atoms with Gasteiger partial charge in [0.15, 0.2) is 5.67 Å². The van der Waals surface area contributed by atoms with E-state index in [1.807, 2.05) is 0 Å². The molecule has 1 aromatic heterocycles. The molecule has 1 aromatic rings. The van der Waals surface area contributed by atoms with Crippen LogP contribution in [0.5, 0.6) is 0 Å². The van der Waals surface area contributed by atoms with Crippen LogP contribution in [-0.4, -0.2) is 11.5 Å². The van der Waals surface area contributed by atoms with Crippen LogP contribution in [0.2, 0.25) is 0 Å². The van der Waals surface area contributed by atoms with Gasteiger partial charge in [-0.2, -0.15) is 0 Å². The van der Waals surface area contributed by atoms with Crippen molar-refractivity contribution in [3.8, 4) is 0 Å². The van der Waals surface area contributed by atoms with E-state index >= 15 is 0 Å². The third-order valence-electron chi connectivity index (χ3n) is 2.11. The minimum absolute atomic E-state index is 0.612. The molecule has 1 N–H and O–H groups in total. The third kappa shape index (κ3) is 1.74. The molecule has 0 aliphatic carbocycles. The fourth-order valence-corrected chi connectivity index (χ4v) is 2.45. The molecule has 1 aliphatic rings. The predicted molar refractivity (Wildman–Crippen MR) is 51.7 cm³/mol. The number of thiazole rings is 1. The summed E-state index contributed by atoms with van der Waals surface area (Å²) < 4.78 is 13.5. The zero-order valence-corrected chi connectivity index (χ0v) is 8.67. The molecule has 2 nitrogen and oxygen atoms in total. The first kappa shape index (κ1) is 9.09. The van der Waals surface area contributed by atoms with Crippen LogP contribution in [0.1, 0.15) is 29.4 Å². The molecule has 0 amide bonds. The molecule has 0 spiro atoms. The smallest absolute Gasteiger partial charge is 0.156 e. The summed E-state index contributed by atoms with van der Waals surface area (Å²) in [5.41, 5.74) is -0.202. The molecule has 2 heterocycles. The zero-order valence-electron chi connectivity index (χ0n) is 7.85. The maximum Gasteiger partial charge on any atom is 0.156 e. The van der Waals surface area contributed by atoms with Gasteiger partial charge in [-0.25, -0.2) is 9.37 Å². The van der Waals surface area contributed by atoms with Gasteiger partial charge in [0.1, 0.15) is 5.01 Å². The lowest BCUT2D eigenvalue weighted by molar-refractivity contribution is 0.220. The third-order valence-corrected chi connectivity index (χ3v) is 3.51. The molecule has 72 valence electrons. The van der Waals surface area contributed by atoms with Gasteiger partial charge in [-0.05, 0) is 13.8 Å². The summed E-state index contributed by atoms with van der Waals surface area (Å²) >= 11 is 1.49. The van der Waals surface area contributed by atoms with E-state index in [1.165, 1.54) is 16.2 Å². The van der Waals surface area contributed by atoms with Crippen molar-refractivity contribution in [3.05, 3.63) is 15.6 Å². The van der Waals surface area contributed by atoms with Crippen molar-refractivity contribution in [1.82, 2.24) is 10.3 Å². The highest BCUT2D eigenvalue weighted by Gasteiger charge is 2.26. The number of nitrogens with one attached hydrogen (secondary N) is 1. The first-order chi connectivity index (χ1) is 6.07. The van der Waals surface area contributed by atoms with E-state index in [2.05, 4.69) is 10.3 Å². The predicted octanol–water partition coefficient (Wildman–Crippen LogP) is 1.99. The first-order valence-electron chi connectivity index (χ1n) is 4.46. The fraction of sp³-hybridized carbons (Fsp3) is 0.667. The van der Waals surface area contributed by atoms with Crippen LogP contribution in [0.3, 0.4) is 0 Å². The number of hydrogen-bond donors (Lipinski definition) is 1. The average Bonchev–Trinajstić information content (AvgIpc) is 2.45. The molecule has 1 aliphatic heterocycles. The van der Waals surface area contributed by atoms with Crippen molar-refractivity contribution >= 4 is 11.3 Å². The lowest BCUT2D eigenvalue weighted by Gasteiger charge is -2.09. The Morgan fingerprint density at radius 2 is 2.31 bits per heavy atom. The molecule has 0 bridgehead atoms. The minimum atomic E-state index is -1.29. The fourth-order valence-electron chi connectivity index (χ4n) is 1.38. The normalized spacial score (nSPS) is 17.2. The summed E-state index contributed by atoms with van der Waals surface area (Å²) in [6.07, 6.45) is 0.932. The number of rotatable bonds is 1. The van der Waals surface area contributed by atoms with Crippen LogP contribution in [0, 0.1) is 0 Å². The molecule has 0 atom stereocenters. The van der Waals surface area contributed by atoms with Crippen LogP contribution in [0.15, 0.2) is 0 Å². The molecule has 0 fully saturated rings. The summed E-state index contributed by atoms with van der Waals surface area (Å²) in [6.45, 7) is 4.93. The van der Waals surface area contributed by atoms with Crippen LogP contribution in [0.4, 0.5) is 4.39 Å². The van der Waals surface area contributed by atoms with Crippen molar-refractivity contribution in [2.45, 2.75) is 32.5 Å². The Kier molecular flexibility index (Phi) is 2.12. The second kappa shape index (κ2) is 3.03. The average molecular weight is 200 g/mol. The molecule has 0 aromatic carbocycles. The topological polar surface area (TPSA) is 24.9 Å². The van der Waals surface area contributed by atoms with Gasteiger partial charge in [-0.1, -0.05) is 0 Å². The summed E-state index contributed by atoms with van der Waals surface area (Å²) in [5, 5.41) is 3.87. The summed E-state index contributed by atoms with van der Waals surface area (Å²) in [4.78, 5) is 5.53. The quantitative estimate of drug-likeness (QED) is 0.750. The molecule has 4 heteroatoms. The van der Waals surface area contributed by atoms with E-state index < -0.39 is 5.67 Å². The highest BCUT2D eigenvalue weighted by Crippen LogP contribution is 2.31. The van der Waals surface area contributed by atoms with E-state index in [0.29, 0.717) is 5.01 Å². The SMILES string of the molecule is CC(C)(F)c1nc2c(s1)CNCC2. The Labute approximate surface area is 81.2 Å². The largest absolute Gasteiger partial charge is 0.311 e. The van der Waals surface area contributed by atoms with Crippen LogP contribution >= 0.6 is 11.3 Å². The highest BCUT2D eigenvalue weighted by atomic mass is 32.1. The maximum absolute atomic E-state index is 13.5. The summed E-state index contributed by atoms with van der Waals surface area (Å²) in [7, 11) is 0. The number of alkyl halides is 1. The zero-order chi connectivity index (χ0) is 9.47. The molecular formula is C9H13FN2S. The minimum Gasteiger partial charge on any atom is -0.311 e. The lowest BCUT2D eigenvalue weighted by atomic mass is 10.2.